The van der Waals surface area contributed by atoms with E-state index in [4.69, 9.17) is 15.0 Å². The first-order valence-corrected chi connectivity index (χ1v) is 19.1. The summed E-state index contributed by atoms with van der Waals surface area (Å²) in [6.07, 6.45) is 5.69. The molecule has 0 aliphatic rings. The minimum atomic E-state index is 0.715. The highest BCUT2D eigenvalue weighted by molar-refractivity contribution is 6.11. The lowest BCUT2D eigenvalue weighted by Crippen LogP contribution is -2.01. The van der Waals surface area contributed by atoms with E-state index in [0.717, 1.165) is 67.2 Å². The molecule has 0 aliphatic heterocycles. The molecule has 0 bridgehead atoms. The minimum absolute atomic E-state index is 0.715. The monoisotopic (exact) mass is 731 g/mol. The second-order valence-electron chi connectivity index (χ2n) is 14.2. The van der Waals surface area contributed by atoms with Crippen molar-refractivity contribution in [3.05, 3.63) is 218 Å². The Bertz CT molecular complexity index is 3130. The Morgan fingerprint density at radius 2 is 1.04 bits per heavy atom. The highest BCUT2D eigenvalue weighted by Crippen LogP contribution is 2.37. The number of fused-ring (bicyclic) bond motifs is 6. The van der Waals surface area contributed by atoms with Gasteiger partial charge in [-0.15, -0.1) is 0 Å². The maximum atomic E-state index is 5.05. The molecule has 7 aromatic carbocycles. The van der Waals surface area contributed by atoms with Crippen LogP contribution in [0.1, 0.15) is 23.7 Å². The van der Waals surface area contributed by atoms with Gasteiger partial charge in [-0.1, -0.05) is 134 Å². The molecule has 57 heavy (non-hydrogen) atoms. The van der Waals surface area contributed by atoms with Gasteiger partial charge in [0.1, 0.15) is 5.69 Å². The van der Waals surface area contributed by atoms with E-state index in [1.54, 1.807) is 0 Å². The van der Waals surface area contributed by atoms with Crippen LogP contribution in [0.25, 0.3) is 77.5 Å². The van der Waals surface area contributed by atoms with Crippen LogP contribution < -0.4 is 0 Å². The average molecular weight is 732 g/mol. The van der Waals surface area contributed by atoms with Gasteiger partial charge in [0.25, 0.3) is 0 Å². The molecular formula is C52H37N5. The molecular weight excluding hydrogens is 695 g/mol. The fraction of sp³-hybridized carbons (Fsp3) is 0.0192. The van der Waals surface area contributed by atoms with Crippen LogP contribution >= 0.6 is 0 Å². The largest absolute Gasteiger partial charge is 0.309 e. The third-order valence-electron chi connectivity index (χ3n) is 10.7. The third kappa shape index (κ3) is 6.12. The average Bonchev–Trinajstić information content (AvgIpc) is 3.79. The van der Waals surface area contributed by atoms with E-state index in [1.165, 1.54) is 27.2 Å². The van der Waals surface area contributed by atoms with E-state index in [9.17, 15) is 0 Å². The van der Waals surface area contributed by atoms with Gasteiger partial charge in [0.15, 0.2) is 0 Å². The molecule has 0 spiro atoms. The Morgan fingerprint density at radius 1 is 0.509 bits per heavy atom. The maximum Gasteiger partial charge on any atom is 0.102 e. The molecule has 10 rings (SSSR count). The number of hydrogen-bond donors (Lipinski definition) is 0. The van der Waals surface area contributed by atoms with Crippen LogP contribution in [0.5, 0.6) is 0 Å². The van der Waals surface area contributed by atoms with Crippen molar-refractivity contribution in [3.63, 3.8) is 0 Å². The molecule has 0 aliphatic carbocycles. The molecule has 0 amide bonds. The van der Waals surface area contributed by atoms with Crippen molar-refractivity contribution in [3.8, 4) is 22.6 Å². The van der Waals surface area contributed by atoms with Crippen molar-refractivity contribution in [1.82, 2.24) is 19.1 Å². The second kappa shape index (κ2) is 14.2. The lowest BCUT2D eigenvalue weighted by molar-refractivity contribution is 1.13. The van der Waals surface area contributed by atoms with Gasteiger partial charge in [0.2, 0.25) is 0 Å². The van der Waals surface area contributed by atoms with Crippen LogP contribution in [-0.2, 0) is 0 Å². The van der Waals surface area contributed by atoms with Crippen LogP contribution in [0.4, 0.5) is 0 Å². The van der Waals surface area contributed by atoms with E-state index in [-0.39, 0.29) is 0 Å². The zero-order valence-electron chi connectivity index (χ0n) is 31.4. The number of benzene rings is 7. The SMILES string of the molecule is C=C(/C=C(\N=C(C)c1cnc(-c2ccc3c(c2)c2ccccc2n3-c2cccc(-n3c4ccccc4c4ccccc43)c2)cn1)c1ccccc1)c1ccccc1. The fourth-order valence-corrected chi connectivity index (χ4v) is 7.97. The zero-order valence-corrected chi connectivity index (χ0v) is 31.4. The van der Waals surface area contributed by atoms with Gasteiger partial charge in [0.05, 0.1) is 51.6 Å². The van der Waals surface area contributed by atoms with Gasteiger partial charge < -0.3 is 9.13 Å². The van der Waals surface area contributed by atoms with Crippen LogP contribution in [0.2, 0.25) is 0 Å². The number of allylic oxidation sites excluding steroid dienone is 2. The topological polar surface area (TPSA) is 48.0 Å². The van der Waals surface area contributed by atoms with Gasteiger partial charge in [-0.25, -0.2) is 0 Å². The normalized spacial score (nSPS) is 12.2. The first kappa shape index (κ1) is 33.9. The molecule has 0 unspecified atom stereocenters. The van der Waals surface area contributed by atoms with E-state index in [1.807, 2.05) is 61.8 Å². The van der Waals surface area contributed by atoms with Crippen LogP contribution in [0.3, 0.4) is 0 Å². The van der Waals surface area contributed by atoms with Gasteiger partial charge in [0, 0.05) is 44.0 Å². The van der Waals surface area contributed by atoms with Crippen LogP contribution in [-0.4, -0.2) is 24.8 Å². The van der Waals surface area contributed by atoms with Crippen LogP contribution in [0.15, 0.2) is 206 Å². The lowest BCUT2D eigenvalue weighted by Gasteiger charge is -2.13. The number of nitrogens with zero attached hydrogens (tertiary/aromatic N) is 5. The predicted molar refractivity (Wildman–Crippen MR) is 238 cm³/mol. The molecule has 0 radical (unpaired) electrons. The van der Waals surface area contributed by atoms with Crippen molar-refractivity contribution >= 4 is 60.6 Å². The van der Waals surface area contributed by atoms with Crippen molar-refractivity contribution in [2.75, 3.05) is 0 Å². The Balaban J connectivity index is 1.01. The quantitative estimate of drug-likeness (QED) is 0.115. The van der Waals surface area contributed by atoms with E-state index in [2.05, 4.69) is 155 Å². The Labute approximate surface area is 330 Å². The second-order valence-corrected chi connectivity index (χ2v) is 14.2. The Kier molecular flexibility index (Phi) is 8.46. The molecule has 0 saturated carbocycles. The highest BCUT2D eigenvalue weighted by Gasteiger charge is 2.16. The number of hydrogen-bond acceptors (Lipinski definition) is 3. The van der Waals surface area contributed by atoms with E-state index < -0.39 is 0 Å². The molecule has 0 fully saturated rings. The molecule has 10 aromatic rings. The first-order valence-electron chi connectivity index (χ1n) is 19.1. The van der Waals surface area contributed by atoms with Gasteiger partial charge >= 0.3 is 0 Å². The summed E-state index contributed by atoms with van der Waals surface area (Å²) < 4.78 is 4.74. The summed E-state index contributed by atoms with van der Waals surface area (Å²) in [6, 6.07) is 61.7. The number of aliphatic imine (C=N–C) groups is 1. The number of aromatic nitrogens is 4. The predicted octanol–water partition coefficient (Wildman–Crippen LogP) is 12.9. The zero-order chi connectivity index (χ0) is 38.3. The first-order chi connectivity index (χ1) is 28.1. The summed E-state index contributed by atoms with van der Waals surface area (Å²) in [5.74, 6) is 0. The smallest absolute Gasteiger partial charge is 0.102 e. The third-order valence-corrected chi connectivity index (χ3v) is 10.7. The summed E-state index contributed by atoms with van der Waals surface area (Å²) in [5, 5.41) is 4.84. The maximum absolute atomic E-state index is 5.05. The number of para-hydroxylation sites is 3. The van der Waals surface area contributed by atoms with E-state index >= 15 is 0 Å². The Morgan fingerprint density at radius 3 is 1.61 bits per heavy atom. The molecule has 5 heteroatoms. The molecule has 270 valence electrons. The lowest BCUT2D eigenvalue weighted by atomic mass is 10.0. The minimum Gasteiger partial charge on any atom is -0.309 e. The molecule has 5 nitrogen and oxygen atoms in total. The van der Waals surface area contributed by atoms with Crippen molar-refractivity contribution in [1.29, 1.82) is 0 Å². The summed E-state index contributed by atoms with van der Waals surface area (Å²) >= 11 is 0. The summed E-state index contributed by atoms with van der Waals surface area (Å²) in [4.78, 5) is 14.8. The fourth-order valence-electron chi connectivity index (χ4n) is 7.97. The number of rotatable bonds is 8. The standard InChI is InChI=1S/C52H37N5/c1-35(37-16-5-3-6-17-37)30-46(38-18-7-4-8-19-38)55-36(2)47-33-54-48(34-53-47)39-28-29-52-45(31-39)44-24-11-14-27-51(44)57(52)41-21-15-20-40(32-41)56-49-25-12-9-22-42(49)43-23-10-13-26-50(43)56/h3-34H,1H2,2H3/b46-30-,55-36?. The van der Waals surface area contributed by atoms with Gasteiger partial charge in [-0.05, 0) is 72.7 Å². The van der Waals surface area contributed by atoms with E-state index in [0.29, 0.717) is 5.69 Å². The van der Waals surface area contributed by atoms with Crippen molar-refractivity contribution in [2.45, 2.75) is 6.92 Å². The Hall–Kier alpha value is -7.63. The van der Waals surface area contributed by atoms with Crippen molar-refractivity contribution in [2.24, 2.45) is 4.99 Å². The molecule has 0 atom stereocenters. The summed E-state index contributed by atoms with van der Waals surface area (Å²) in [5.41, 5.74) is 13.9. The van der Waals surface area contributed by atoms with Crippen molar-refractivity contribution < 1.29 is 0 Å². The summed E-state index contributed by atoms with van der Waals surface area (Å²) in [7, 11) is 0. The van der Waals surface area contributed by atoms with Crippen LogP contribution in [0, 0.1) is 0 Å². The molecule has 3 aromatic heterocycles. The summed E-state index contributed by atoms with van der Waals surface area (Å²) in [6.45, 7) is 6.31. The molecule has 3 heterocycles. The molecule has 0 N–H and O–H groups in total. The van der Waals surface area contributed by atoms with Gasteiger partial charge in [-0.3, -0.25) is 15.0 Å². The molecule has 0 saturated heterocycles. The highest BCUT2D eigenvalue weighted by atomic mass is 15.0. The van der Waals surface area contributed by atoms with Gasteiger partial charge in [-0.2, -0.15) is 0 Å².